The van der Waals surface area contributed by atoms with Crippen LogP contribution in [0.1, 0.15) is 23.7 Å². The van der Waals surface area contributed by atoms with Gasteiger partial charge in [0.25, 0.3) is 5.91 Å². The van der Waals surface area contributed by atoms with E-state index in [4.69, 9.17) is 0 Å². The summed E-state index contributed by atoms with van der Waals surface area (Å²) in [4.78, 5) is 27.0. The number of aromatic hydroxyl groups is 2. The van der Waals surface area contributed by atoms with Gasteiger partial charge >= 0.3 is 0 Å². The fourth-order valence-electron chi connectivity index (χ4n) is 2.34. The number of rotatable bonds is 1. The summed E-state index contributed by atoms with van der Waals surface area (Å²) in [6.07, 6.45) is 0.718. The molecule has 6 heteroatoms. The molecule has 1 aliphatic rings. The van der Waals surface area contributed by atoms with Crippen molar-refractivity contribution >= 4 is 11.8 Å². The van der Waals surface area contributed by atoms with Crippen molar-refractivity contribution in [3.05, 3.63) is 23.8 Å². The number of hydrogen-bond donors (Lipinski definition) is 2. The van der Waals surface area contributed by atoms with E-state index in [1.54, 1.807) is 9.80 Å². The number of phenolic OH excluding ortho intramolecular Hbond substituents is 2. The lowest BCUT2D eigenvalue weighted by molar-refractivity contribution is -0.128. The molecule has 0 spiro atoms. The summed E-state index contributed by atoms with van der Waals surface area (Å²) < 4.78 is 0. The van der Waals surface area contributed by atoms with E-state index < -0.39 is 0 Å². The molecule has 1 saturated heterocycles. The minimum absolute atomic E-state index is 0.00861. The van der Waals surface area contributed by atoms with Gasteiger partial charge in [0, 0.05) is 44.7 Å². The smallest absolute Gasteiger partial charge is 0.254 e. The highest BCUT2D eigenvalue weighted by atomic mass is 16.3. The maximum absolute atomic E-state index is 12.3. The van der Waals surface area contributed by atoms with Gasteiger partial charge in [-0.2, -0.15) is 0 Å². The van der Waals surface area contributed by atoms with Crippen molar-refractivity contribution in [2.24, 2.45) is 0 Å². The Hall–Kier alpha value is -2.24. The van der Waals surface area contributed by atoms with Crippen molar-refractivity contribution < 1.29 is 19.8 Å². The molecule has 0 aromatic heterocycles. The molecule has 0 radical (unpaired) electrons. The predicted octanol–water partition coefficient (Wildman–Crippen LogP) is 0.792. The molecule has 2 N–H and O–H groups in total. The van der Waals surface area contributed by atoms with Crippen molar-refractivity contribution in [1.29, 1.82) is 0 Å². The lowest BCUT2D eigenvalue weighted by Gasteiger charge is -2.21. The van der Waals surface area contributed by atoms with Crippen LogP contribution in [0, 0.1) is 0 Å². The third-order valence-electron chi connectivity index (χ3n) is 3.38. The molecule has 1 fully saturated rings. The van der Waals surface area contributed by atoms with Gasteiger partial charge in [-0.3, -0.25) is 9.59 Å². The third kappa shape index (κ3) is 3.20. The van der Waals surface area contributed by atoms with Gasteiger partial charge in [0.05, 0.1) is 0 Å². The summed E-state index contributed by atoms with van der Waals surface area (Å²) in [5.41, 5.74) is 0.249. The SMILES string of the molecule is CC(=O)N1CCCN(C(=O)c2cc(O)cc(O)c2)CC1. The standard InChI is InChI=1S/C14H18N2O4/c1-10(17)15-3-2-4-16(6-5-15)14(20)11-7-12(18)9-13(19)8-11/h7-9,18-19H,2-6H2,1H3. The molecule has 0 atom stereocenters. The van der Waals surface area contributed by atoms with Gasteiger partial charge in [-0.05, 0) is 18.6 Å². The number of hydrogen-bond acceptors (Lipinski definition) is 4. The van der Waals surface area contributed by atoms with Gasteiger partial charge in [-0.15, -0.1) is 0 Å². The molecule has 1 aromatic carbocycles. The van der Waals surface area contributed by atoms with Crippen molar-refractivity contribution in [2.75, 3.05) is 26.2 Å². The first-order chi connectivity index (χ1) is 9.47. The zero-order chi connectivity index (χ0) is 14.7. The number of carbonyl (C=O) groups excluding carboxylic acids is 2. The van der Waals surface area contributed by atoms with Crippen LogP contribution >= 0.6 is 0 Å². The third-order valence-corrected chi connectivity index (χ3v) is 3.38. The van der Waals surface area contributed by atoms with Crippen molar-refractivity contribution in [3.63, 3.8) is 0 Å². The fourth-order valence-corrected chi connectivity index (χ4v) is 2.34. The molecule has 1 aromatic rings. The molecule has 0 bridgehead atoms. The number of benzene rings is 1. The van der Waals surface area contributed by atoms with Gasteiger partial charge in [-0.1, -0.05) is 0 Å². The molecule has 0 saturated carbocycles. The van der Waals surface area contributed by atoms with Gasteiger partial charge in [-0.25, -0.2) is 0 Å². The van der Waals surface area contributed by atoms with E-state index in [0.29, 0.717) is 26.2 Å². The molecule has 20 heavy (non-hydrogen) atoms. The van der Waals surface area contributed by atoms with Crippen LogP contribution in [0.15, 0.2) is 18.2 Å². The predicted molar refractivity (Wildman–Crippen MR) is 72.5 cm³/mol. The van der Waals surface area contributed by atoms with E-state index >= 15 is 0 Å². The first kappa shape index (κ1) is 14.2. The van der Waals surface area contributed by atoms with Crippen molar-refractivity contribution in [2.45, 2.75) is 13.3 Å². The highest BCUT2D eigenvalue weighted by Gasteiger charge is 2.21. The topological polar surface area (TPSA) is 81.1 Å². The zero-order valence-electron chi connectivity index (χ0n) is 11.4. The van der Waals surface area contributed by atoms with Crippen LogP contribution in [0.4, 0.5) is 0 Å². The monoisotopic (exact) mass is 278 g/mol. The Morgan fingerprint density at radius 1 is 0.950 bits per heavy atom. The molecule has 1 heterocycles. The van der Waals surface area contributed by atoms with Crippen LogP contribution in [0.3, 0.4) is 0 Å². The van der Waals surface area contributed by atoms with Crippen LogP contribution in [0.5, 0.6) is 11.5 Å². The van der Waals surface area contributed by atoms with Gasteiger partial charge in [0.15, 0.2) is 0 Å². The molecule has 108 valence electrons. The van der Waals surface area contributed by atoms with Crippen molar-refractivity contribution in [1.82, 2.24) is 9.80 Å². The Morgan fingerprint density at radius 3 is 2.10 bits per heavy atom. The molecular formula is C14H18N2O4. The number of carbonyl (C=O) groups is 2. The average Bonchev–Trinajstić information content (AvgIpc) is 2.62. The summed E-state index contributed by atoms with van der Waals surface area (Å²) in [6, 6.07) is 3.84. The molecule has 2 amide bonds. The first-order valence-corrected chi connectivity index (χ1v) is 6.55. The second kappa shape index (κ2) is 5.81. The minimum Gasteiger partial charge on any atom is -0.508 e. The van der Waals surface area contributed by atoms with E-state index in [-0.39, 0.29) is 28.9 Å². The molecule has 1 aliphatic heterocycles. The highest BCUT2D eigenvalue weighted by Crippen LogP contribution is 2.22. The zero-order valence-corrected chi connectivity index (χ0v) is 11.4. The molecule has 0 unspecified atom stereocenters. The van der Waals surface area contributed by atoms with E-state index in [2.05, 4.69) is 0 Å². The van der Waals surface area contributed by atoms with Crippen LogP contribution in [-0.4, -0.2) is 58.0 Å². The maximum atomic E-state index is 12.3. The quantitative estimate of drug-likeness (QED) is 0.796. The number of nitrogens with zero attached hydrogens (tertiary/aromatic N) is 2. The molecule has 2 rings (SSSR count). The molecule has 6 nitrogen and oxygen atoms in total. The lowest BCUT2D eigenvalue weighted by Crippen LogP contribution is -2.36. The Morgan fingerprint density at radius 2 is 1.50 bits per heavy atom. The summed E-state index contributed by atoms with van der Waals surface area (Å²) >= 11 is 0. The average molecular weight is 278 g/mol. The van der Waals surface area contributed by atoms with E-state index in [1.165, 1.54) is 25.1 Å². The fraction of sp³-hybridized carbons (Fsp3) is 0.429. The van der Waals surface area contributed by atoms with E-state index in [1.807, 2.05) is 0 Å². The Balaban J connectivity index is 2.11. The summed E-state index contributed by atoms with van der Waals surface area (Å²) in [5.74, 6) is -0.530. The highest BCUT2D eigenvalue weighted by molar-refractivity contribution is 5.95. The Labute approximate surface area is 117 Å². The van der Waals surface area contributed by atoms with E-state index in [0.717, 1.165) is 6.42 Å². The summed E-state index contributed by atoms with van der Waals surface area (Å²) in [6.45, 7) is 3.68. The first-order valence-electron chi connectivity index (χ1n) is 6.55. The van der Waals surface area contributed by atoms with Crippen LogP contribution in [0.2, 0.25) is 0 Å². The normalized spacial score (nSPS) is 15.8. The summed E-state index contributed by atoms with van der Waals surface area (Å²) in [5, 5.41) is 18.9. The van der Waals surface area contributed by atoms with Crippen LogP contribution in [-0.2, 0) is 4.79 Å². The molecule has 0 aliphatic carbocycles. The number of phenols is 2. The van der Waals surface area contributed by atoms with Crippen LogP contribution < -0.4 is 0 Å². The molecular weight excluding hydrogens is 260 g/mol. The Kier molecular flexibility index (Phi) is 4.12. The van der Waals surface area contributed by atoms with Crippen LogP contribution in [0.25, 0.3) is 0 Å². The van der Waals surface area contributed by atoms with Gasteiger partial charge < -0.3 is 20.0 Å². The second-order valence-corrected chi connectivity index (χ2v) is 4.89. The van der Waals surface area contributed by atoms with E-state index in [9.17, 15) is 19.8 Å². The number of amides is 2. The maximum Gasteiger partial charge on any atom is 0.254 e. The summed E-state index contributed by atoms with van der Waals surface area (Å²) in [7, 11) is 0. The minimum atomic E-state index is -0.249. The largest absolute Gasteiger partial charge is 0.508 e. The lowest BCUT2D eigenvalue weighted by atomic mass is 10.1. The van der Waals surface area contributed by atoms with Crippen molar-refractivity contribution in [3.8, 4) is 11.5 Å². The van der Waals surface area contributed by atoms with Gasteiger partial charge in [0.1, 0.15) is 11.5 Å². The van der Waals surface area contributed by atoms with Gasteiger partial charge in [0.2, 0.25) is 5.91 Å². The second-order valence-electron chi connectivity index (χ2n) is 4.89. The Bertz CT molecular complexity index is 510.